The summed E-state index contributed by atoms with van der Waals surface area (Å²) in [6.07, 6.45) is 2.75. The number of nitrogens with zero attached hydrogens (tertiary/aromatic N) is 1. The van der Waals surface area contributed by atoms with Gasteiger partial charge in [-0.2, -0.15) is 0 Å². The molecule has 5 atom stereocenters. The molecule has 2 bridgehead atoms. The molecule has 0 N–H and O–H groups in total. The summed E-state index contributed by atoms with van der Waals surface area (Å²) in [4.78, 5) is 24.1. The lowest BCUT2D eigenvalue weighted by Crippen LogP contribution is -2.37. The van der Waals surface area contributed by atoms with Crippen LogP contribution in [0.5, 0.6) is 0 Å². The van der Waals surface area contributed by atoms with Gasteiger partial charge in [-0.1, -0.05) is 0 Å². The van der Waals surface area contributed by atoms with E-state index < -0.39 is 0 Å². The van der Waals surface area contributed by atoms with Gasteiger partial charge >= 0.3 is 11.9 Å². The lowest BCUT2D eigenvalue weighted by atomic mass is 9.80. The molecule has 0 aromatic carbocycles. The van der Waals surface area contributed by atoms with Gasteiger partial charge in [0.15, 0.2) is 0 Å². The average Bonchev–Trinajstić information content (AvgIpc) is 2.93. The molecule has 0 amide bonds. The number of carbonyl (C=O) groups excluding carboxylic acids is 2. The van der Waals surface area contributed by atoms with Crippen molar-refractivity contribution in [1.29, 1.82) is 0 Å². The van der Waals surface area contributed by atoms with Gasteiger partial charge in [-0.05, 0) is 18.8 Å². The van der Waals surface area contributed by atoms with Gasteiger partial charge in [0.1, 0.15) is 6.10 Å². The molecule has 0 aromatic heterocycles. The van der Waals surface area contributed by atoms with Crippen molar-refractivity contribution >= 4 is 11.9 Å². The van der Waals surface area contributed by atoms with Crippen LogP contribution in [0.3, 0.4) is 0 Å². The predicted octanol–water partition coefficient (Wildman–Crippen LogP) is 0.824. The molecule has 3 aliphatic rings. The Kier molecular flexibility index (Phi) is 3.27. The minimum atomic E-state index is -0.240. The fraction of sp³-hybridized carbons (Fsp3) is 0.867. The first-order valence-corrected chi connectivity index (χ1v) is 7.54. The SMILES string of the molecule is C[N+](C)(C)CCCOC(=O)[C@@H]1[C@@H]2C[C@@H]3[C@@H]1C(=O)O[C@@H]3C2. The van der Waals surface area contributed by atoms with Crippen molar-refractivity contribution in [3.63, 3.8) is 0 Å². The molecule has 3 fully saturated rings. The van der Waals surface area contributed by atoms with Gasteiger partial charge in [0.05, 0.1) is 46.1 Å². The second-order valence-electron chi connectivity index (χ2n) is 7.46. The number of rotatable bonds is 5. The van der Waals surface area contributed by atoms with E-state index in [1.807, 2.05) is 0 Å². The second-order valence-corrected chi connectivity index (χ2v) is 7.46. The van der Waals surface area contributed by atoms with Crippen LogP contribution in [0.25, 0.3) is 0 Å². The van der Waals surface area contributed by atoms with Crippen LogP contribution in [0.2, 0.25) is 0 Å². The van der Waals surface area contributed by atoms with Crippen molar-refractivity contribution in [3.05, 3.63) is 0 Å². The Bertz CT molecular complexity index is 426. The van der Waals surface area contributed by atoms with Gasteiger partial charge in [0, 0.05) is 12.3 Å². The average molecular weight is 282 g/mol. The number of carbonyl (C=O) groups is 2. The van der Waals surface area contributed by atoms with E-state index in [4.69, 9.17) is 9.47 Å². The van der Waals surface area contributed by atoms with Gasteiger partial charge in [0.2, 0.25) is 0 Å². The third kappa shape index (κ3) is 2.32. The standard InChI is InChI=1S/C15H24NO4/c1-16(2,3)5-4-6-19-14(17)12-9-7-10-11(8-9)20-15(18)13(10)12/h9-13H,4-8H2,1-3H3/q+1/t9-,10+,11-,12-,13+/m1/s1. The zero-order chi connectivity index (χ0) is 14.5. The van der Waals surface area contributed by atoms with Crippen LogP contribution in [0.1, 0.15) is 19.3 Å². The fourth-order valence-corrected chi connectivity index (χ4v) is 4.13. The van der Waals surface area contributed by atoms with Crippen LogP contribution < -0.4 is 0 Å². The molecule has 1 heterocycles. The van der Waals surface area contributed by atoms with E-state index in [0.29, 0.717) is 12.5 Å². The number of ether oxygens (including phenoxy) is 2. The Labute approximate surface area is 119 Å². The third-order valence-corrected chi connectivity index (χ3v) is 4.97. The highest BCUT2D eigenvalue weighted by Crippen LogP contribution is 2.57. The first kappa shape index (κ1) is 13.9. The molecule has 5 nitrogen and oxygen atoms in total. The Hall–Kier alpha value is -1.10. The number of esters is 2. The van der Waals surface area contributed by atoms with Crippen LogP contribution in [0.15, 0.2) is 0 Å². The maximum Gasteiger partial charge on any atom is 0.310 e. The van der Waals surface area contributed by atoms with Crippen LogP contribution in [0, 0.1) is 23.7 Å². The summed E-state index contributed by atoms with van der Waals surface area (Å²) in [5.41, 5.74) is 0. The largest absolute Gasteiger partial charge is 0.465 e. The minimum Gasteiger partial charge on any atom is -0.465 e. The van der Waals surface area contributed by atoms with Crippen LogP contribution in [-0.4, -0.2) is 56.8 Å². The van der Waals surface area contributed by atoms with E-state index in [1.165, 1.54) is 0 Å². The predicted molar refractivity (Wildman–Crippen MR) is 71.5 cm³/mol. The third-order valence-electron chi connectivity index (χ3n) is 4.97. The summed E-state index contributed by atoms with van der Waals surface area (Å²) in [5.74, 6) is -0.238. The summed E-state index contributed by atoms with van der Waals surface area (Å²) in [6.45, 7) is 1.42. The summed E-state index contributed by atoms with van der Waals surface area (Å²) in [5, 5.41) is 0. The van der Waals surface area contributed by atoms with Gasteiger partial charge in [-0.3, -0.25) is 9.59 Å². The van der Waals surface area contributed by atoms with Crippen LogP contribution >= 0.6 is 0 Å². The van der Waals surface area contributed by atoms with Crippen LogP contribution in [-0.2, 0) is 19.1 Å². The second kappa shape index (κ2) is 4.72. The van der Waals surface area contributed by atoms with E-state index in [0.717, 1.165) is 30.3 Å². The summed E-state index contributed by atoms with van der Waals surface area (Å²) in [6, 6.07) is 0. The zero-order valence-corrected chi connectivity index (χ0v) is 12.5. The van der Waals surface area contributed by atoms with Crippen molar-refractivity contribution in [2.24, 2.45) is 23.7 Å². The molecule has 2 aliphatic carbocycles. The number of fused-ring (bicyclic) bond motifs is 1. The Morgan fingerprint density at radius 1 is 1.35 bits per heavy atom. The molecule has 1 aliphatic heterocycles. The van der Waals surface area contributed by atoms with Crippen molar-refractivity contribution < 1.29 is 23.5 Å². The topological polar surface area (TPSA) is 52.6 Å². The Morgan fingerprint density at radius 3 is 2.80 bits per heavy atom. The molecule has 0 aromatic rings. The molecule has 0 radical (unpaired) electrons. The quantitative estimate of drug-likeness (QED) is 0.426. The fourth-order valence-electron chi connectivity index (χ4n) is 4.13. The molecule has 20 heavy (non-hydrogen) atoms. The number of hydrogen-bond acceptors (Lipinski definition) is 4. The summed E-state index contributed by atoms with van der Waals surface area (Å²) >= 11 is 0. The maximum atomic E-state index is 12.3. The Balaban J connectivity index is 1.52. The minimum absolute atomic E-state index is 0.0831. The number of quaternary nitrogens is 1. The molecule has 112 valence electrons. The maximum absolute atomic E-state index is 12.3. The molecular weight excluding hydrogens is 258 g/mol. The van der Waals surface area contributed by atoms with Crippen molar-refractivity contribution in [2.45, 2.75) is 25.4 Å². The van der Waals surface area contributed by atoms with Gasteiger partial charge in [-0.25, -0.2) is 0 Å². The molecule has 5 heteroatoms. The monoisotopic (exact) mass is 282 g/mol. The lowest BCUT2D eigenvalue weighted by molar-refractivity contribution is -0.870. The van der Waals surface area contributed by atoms with E-state index in [2.05, 4.69) is 21.1 Å². The highest BCUT2D eigenvalue weighted by molar-refractivity contribution is 5.85. The number of hydrogen-bond donors (Lipinski definition) is 0. The van der Waals surface area contributed by atoms with E-state index in [-0.39, 0.29) is 35.8 Å². The first-order chi connectivity index (χ1) is 9.37. The molecule has 0 unspecified atom stereocenters. The zero-order valence-electron chi connectivity index (χ0n) is 12.5. The Morgan fingerprint density at radius 2 is 2.10 bits per heavy atom. The summed E-state index contributed by atoms with van der Waals surface area (Å²) < 4.78 is 11.6. The molecule has 0 spiro atoms. The van der Waals surface area contributed by atoms with E-state index in [1.54, 1.807) is 0 Å². The van der Waals surface area contributed by atoms with Crippen molar-refractivity contribution in [1.82, 2.24) is 0 Å². The lowest BCUT2D eigenvalue weighted by Gasteiger charge is -2.25. The van der Waals surface area contributed by atoms with Gasteiger partial charge in [0.25, 0.3) is 0 Å². The molecule has 2 saturated carbocycles. The molecular formula is C15H24NO4+. The highest BCUT2D eigenvalue weighted by atomic mass is 16.6. The van der Waals surface area contributed by atoms with E-state index in [9.17, 15) is 9.59 Å². The van der Waals surface area contributed by atoms with Gasteiger partial charge < -0.3 is 14.0 Å². The normalized spacial score (nSPS) is 38.1. The molecule has 1 saturated heterocycles. The smallest absolute Gasteiger partial charge is 0.310 e. The van der Waals surface area contributed by atoms with Crippen LogP contribution in [0.4, 0.5) is 0 Å². The first-order valence-electron chi connectivity index (χ1n) is 7.54. The van der Waals surface area contributed by atoms with Crippen molar-refractivity contribution in [2.75, 3.05) is 34.3 Å². The van der Waals surface area contributed by atoms with E-state index >= 15 is 0 Å². The highest BCUT2D eigenvalue weighted by Gasteiger charge is 2.64. The molecule has 3 rings (SSSR count). The van der Waals surface area contributed by atoms with Gasteiger partial charge in [-0.15, -0.1) is 0 Å². The van der Waals surface area contributed by atoms with Crippen molar-refractivity contribution in [3.8, 4) is 0 Å². The summed E-state index contributed by atoms with van der Waals surface area (Å²) in [7, 11) is 6.35.